The molecule has 17 heavy (non-hydrogen) atoms. The largest absolute Gasteiger partial charge is 0.309 e. The lowest BCUT2D eigenvalue weighted by atomic mass is 9.80. The molecule has 2 nitrogen and oxygen atoms in total. The lowest BCUT2D eigenvalue weighted by Gasteiger charge is -2.31. The number of nitrogens with zero attached hydrogens (tertiary/aromatic N) is 1. The molecule has 1 heterocycles. The molecular formula is C14H24N2S. The monoisotopic (exact) mass is 252 g/mol. The van der Waals surface area contributed by atoms with E-state index in [0.29, 0.717) is 0 Å². The molecule has 0 aliphatic heterocycles. The van der Waals surface area contributed by atoms with Crippen LogP contribution in [0.1, 0.15) is 49.4 Å². The standard InChI is InChI=1S/C14H24N2S/c1-10(2)12-4-6-13(7-5-12)16-9-14-8-15-11(3)17-14/h8,10,12-13,16H,4-7,9H2,1-3H3. The second-order valence-corrected chi connectivity index (χ2v) is 6.90. The van der Waals surface area contributed by atoms with Crippen molar-refractivity contribution in [1.82, 2.24) is 10.3 Å². The van der Waals surface area contributed by atoms with Crippen LogP contribution in [0.4, 0.5) is 0 Å². The van der Waals surface area contributed by atoms with Gasteiger partial charge >= 0.3 is 0 Å². The lowest BCUT2D eigenvalue weighted by Crippen LogP contribution is -2.33. The van der Waals surface area contributed by atoms with Crippen LogP contribution < -0.4 is 5.32 Å². The summed E-state index contributed by atoms with van der Waals surface area (Å²) >= 11 is 1.81. The van der Waals surface area contributed by atoms with Gasteiger partial charge in [-0.1, -0.05) is 13.8 Å². The highest BCUT2D eigenvalue weighted by Gasteiger charge is 2.22. The maximum Gasteiger partial charge on any atom is 0.0897 e. The van der Waals surface area contributed by atoms with Gasteiger partial charge in [0.1, 0.15) is 0 Å². The maximum atomic E-state index is 4.29. The Hall–Kier alpha value is -0.410. The summed E-state index contributed by atoms with van der Waals surface area (Å²) in [6.07, 6.45) is 7.50. The second kappa shape index (κ2) is 5.96. The minimum atomic E-state index is 0.729. The van der Waals surface area contributed by atoms with Gasteiger partial charge in [-0.2, -0.15) is 0 Å². The molecule has 0 amide bonds. The van der Waals surface area contributed by atoms with Crippen molar-refractivity contribution in [2.75, 3.05) is 0 Å². The van der Waals surface area contributed by atoms with Gasteiger partial charge in [-0.05, 0) is 44.4 Å². The van der Waals surface area contributed by atoms with Crippen LogP contribution in [0, 0.1) is 18.8 Å². The van der Waals surface area contributed by atoms with E-state index >= 15 is 0 Å². The number of aryl methyl sites for hydroxylation is 1. The van der Waals surface area contributed by atoms with Gasteiger partial charge in [0.05, 0.1) is 5.01 Å². The molecule has 1 aliphatic rings. The Morgan fingerprint density at radius 2 is 2.06 bits per heavy atom. The average Bonchev–Trinajstić information content (AvgIpc) is 2.73. The Bertz CT molecular complexity index is 338. The molecule has 1 aromatic heterocycles. The van der Waals surface area contributed by atoms with Crippen LogP contribution in [0.25, 0.3) is 0 Å². The van der Waals surface area contributed by atoms with E-state index < -0.39 is 0 Å². The van der Waals surface area contributed by atoms with Crippen molar-refractivity contribution in [3.8, 4) is 0 Å². The van der Waals surface area contributed by atoms with Crippen molar-refractivity contribution in [2.45, 2.75) is 59.0 Å². The Morgan fingerprint density at radius 3 is 2.59 bits per heavy atom. The zero-order valence-electron chi connectivity index (χ0n) is 11.2. The van der Waals surface area contributed by atoms with Crippen LogP contribution in [-0.2, 0) is 6.54 Å². The van der Waals surface area contributed by atoms with Gasteiger partial charge in [0.15, 0.2) is 0 Å². The van der Waals surface area contributed by atoms with Crippen LogP contribution in [-0.4, -0.2) is 11.0 Å². The minimum Gasteiger partial charge on any atom is -0.309 e. The van der Waals surface area contributed by atoms with Crippen LogP contribution in [0.15, 0.2) is 6.20 Å². The van der Waals surface area contributed by atoms with Crippen LogP contribution in [0.3, 0.4) is 0 Å². The molecule has 0 saturated heterocycles. The molecule has 1 N–H and O–H groups in total. The van der Waals surface area contributed by atoms with Gasteiger partial charge < -0.3 is 5.32 Å². The SMILES string of the molecule is Cc1ncc(CNC2CCC(C(C)C)CC2)s1. The van der Waals surface area contributed by atoms with E-state index in [4.69, 9.17) is 0 Å². The third-order valence-corrected chi connectivity index (χ3v) is 4.86. The first kappa shape index (κ1) is 13.0. The maximum absolute atomic E-state index is 4.29. The summed E-state index contributed by atoms with van der Waals surface area (Å²) in [5, 5.41) is 4.85. The first-order valence-electron chi connectivity index (χ1n) is 6.80. The van der Waals surface area contributed by atoms with E-state index in [2.05, 4.69) is 31.1 Å². The van der Waals surface area contributed by atoms with Crippen LogP contribution in [0.5, 0.6) is 0 Å². The van der Waals surface area contributed by atoms with E-state index in [-0.39, 0.29) is 0 Å². The normalized spacial score (nSPS) is 25.4. The Balaban J connectivity index is 1.71. The van der Waals surface area contributed by atoms with E-state index in [1.807, 2.05) is 17.5 Å². The molecule has 0 unspecified atom stereocenters. The summed E-state index contributed by atoms with van der Waals surface area (Å²) in [5.74, 6) is 1.82. The van der Waals surface area contributed by atoms with Gasteiger partial charge in [-0.25, -0.2) is 4.98 Å². The van der Waals surface area contributed by atoms with Crippen LogP contribution >= 0.6 is 11.3 Å². The highest BCUT2D eigenvalue weighted by molar-refractivity contribution is 7.11. The highest BCUT2D eigenvalue weighted by Crippen LogP contribution is 2.30. The fourth-order valence-corrected chi connectivity index (χ4v) is 3.47. The van der Waals surface area contributed by atoms with Crippen molar-refractivity contribution >= 4 is 11.3 Å². The molecule has 0 bridgehead atoms. The van der Waals surface area contributed by atoms with Gasteiger partial charge in [-0.3, -0.25) is 0 Å². The number of aromatic nitrogens is 1. The third-order valence-electron chi connectivity index (χ3n) is 3.95. The van der Waals surface area contributed by atoms with E-state index in [1.54, 1.807) is 0 Å². The second-order valence-electron chi connectivity index (χ2n) is 5.58. The number of rotatable bonds is 4. The molecule has 0 spiro atoms. The summed E-state index contributed by atoms with van der Waals surface area (Å²) in [6.45, 7) is 7.79. The zero-order chi connectivity index (χ0) is 12.3. The quantitative estimate of drug-likeness (QED) is 0.882. The molecule has 1 aliphatic carbocycles. The van der Waals surface area contributed by atoms with Gasteiger partial charge in [0.25, 0.3) is 0 Å². The third kappa shape index (κ3) is 3.78. The van der Waals surface area contributed by atoms with Crippen molar-refractivity contribution in [1.29, 1.82) is 0 Å². The minimum absolute atomic E-state index is 0.729. The summed E-state index contributed by atoms with van der Waals surface area (Å²) in [4.78, 5) is 5.66. The molecule has 3 heteroatoms. The van der Waals surface area contributed by atoms with Gasteiger partial charge in [0, 0.05) is 23.7 Å². The van der Waals surface area contributed by atoms with Crippen molar-refractivity contribution < 1.29 is 0 Å². The summed E-state index contributed by atoms with van der Waals surface area (Å²) in [7, 11) is 0. The topological polar surface area (TPSA) is 24.9 Å². The lowest BCUT2D eigenvalue weighted by molar-refractivity contribution is 0.238. The smallest absolute Gasteiger partial charge is 0.0897 e. The van der Waals surface area contributed by atoms with E-state index in [1.165, 1.54) is 35.6 Å². The van der Waals surface area contributed by atoms with E-state index in [0.717, 1.165) is 24.4 Å². The summed E-state index contributed by atoms with van der Waals surface area (Å²) in [5.41, 5.74) is 0. The molecule has 0 atom stereocenters. The van der Waals surface area contributed by atoms with Crippen molar-refractivity contribution in [2.24, 2.45) is 11.8 Å². The zero-order valence-corrected chi connectivity index (χ0v) is 12.0. The van der Waals surface area contributed by atoms with Gasteiger partial charge in [0.2, 0.25) is 0 Å². The fourth-order valence-electron chi connectivity index (χ4n) is 2.72. The average molecular weight is 252 g/mol. The Morgan fingerprint density at radius 1 is 1.35 bits per heavy atom. The predicted octanol–water partition coefficient (Wildman–Crippen LogP) is 3.76. The van der Waals surface area contributed by atoms with Crippen molar-refractivity contribution in [3.05, 3.63) is 16.1 Å². The predicted molar refractivity (Wildman–Crippen MR) is 74.3 cm³/mol. The Kier molecular flexibility index (Phi) is 4.57. The summed E-state index contributed by atoms with van der Waals surface area (Å²) in [6, 6.07) is 0.729. The van der Waals surface area contributed by atoms with Crippen LogP contribution in [0.2, 0.25) is 0 Å². The molecule has 2 rings (SSSR count). The molecular weight excluding hydrogens is 228 g/mol. The Labute approximate surface area is 109 Å². The number of thiazole rings is 1. The molecule has 96 valence electrons. The number of hydrogen-bond acceptors (Lipinski definition) is 3. The molecule has 1 saturated carbocycles. The molecule has 0 radical (unpaired) electrons. The fraction of sp³-hybridized carbons (Fsp3) is 0.786. The first-order chi connectivity index (χ1) is 8.15. The number of nitrogens with one attached hydrogen (secondary N) is 1. The molecule has 1 fully saturated rings. The summed E-state index contributed by atoms with van der Waals surface area (Å²) < 4.78 is 0. The van der Waals surface area contributed by atoms with Crippen molar-refractivity contribution in [3.63, 3.8) is 0 Å². The molecule has 0 aromatic carbocycles. The highest BCUT2D eigenvalue weighted by atomic mass is 32.1. The van der Waals surface area contributed by atoms with E-state index in [9.17, 15) is 0 Å². The first-order valence-corrected chi connectivity index (χ1v) is 7.61. The van der Waals surface area contributed by atoms with Gasteiger partial charge in [-0.15, -0.1) is 11.3 Å². The number of hydrogen-bond donors (Lipinski definition) is 1. The molecule has 1 aromatic rings.